The second-order valence-corrected chi connectivity index (χ2v) is 4.73. The molecule has 0 N–H and O–H groups in total. The van der Waals surface area contributed by atoms with E-state index in [9.17, 15) is 4.79 Å². The van der Waals surface area contributed by atoms with E-state index in [1.54, 1.807) is 24.7 Å². The van der Waals surface area contributed by atoms with Gasteiger partial charge in [-0.25, -0.2) is 4.98 Å². The van der Waals surface area contributed by atoms with Gasteiger partial charge >= 0.3 is 0 Å². The van der Waals surface area contributed by atoms with Crippen LogP contribution in [-0.4, -0.2) is 22.6 Å². The average molecular weight is 288 g/mol. The SMILES string of the molecule is CCCn1cncc1COc1cc2c(cc1C=O)OCO2. The zero-order valence-electron chi connectivity index (χ0n) is 11.7. The van der Waals surface area contributed by atoms with Gasteiger partial charge in [0.2, 0.25) is 6.79 Å². The Hall–Kier alpha value is -2.50. The first-order chi connectivity index (χ1) is 10.3. The molecular formula is C15H16N2O4. The number of ether oxygens (including phenoxy) is 3. The first-order valence-corrected chi connectivity index (χ1v) is 6.82. The maximum Gasteiger partial charge on any atom is 0.231 e. The lowest BCUT2D eigenvalue weighted by Gasteiger charge is -2.11. The molecule has 0 aliphatic carbocycles. The minimum Gasteiger partial charge on any atom is -0.486 e. The summed E-state index contributed by atoms with van der Waals surface area (Å²) >= 11 is 0. The van der Waals surface area contributed by atoms with Crippen LogP contribution in [0.5, 0.6) is 17.2 Å². The number of aldehydes is 1. The predicted octanol–water partition coefficient (Wildman–Crippen LogP) is 2.41. The highest BCUT2D eigenvalue weighted by atomic mass is 16.7. The largest absolute Gasteiger partial charge is 0.486 e. The number of hydrogen-bond donors (Lipinski definition) is 0. The maximum atomic E-state index is 11.2. The Balaban J connectivity index is 1.78. The predicted molar refractivity (Wildman–Crippen MR) is 74.8 cm³/mol. The van der Waals surface area contributed by atoms with Crippen molar-refractivity contribution in [3.8, 4) is 17.2 Å². The van der Waals surface area contributed by atoms with Crippen LogP contribution in [0.15, 0.2) is 24.7 Å². The lowest BCUT2D eigenvalue weighted by molar-refractivity contribution is 0.111. The van der Waals surface area contributed by atoms with E-state index in [2.05, 4.69) is 11.9 Å². The molecule has 2 heterocycles. The molecule has 1 aromatic carbocycles. The van der Waals surface area contributed by atoms with Crippen molar-refractivity contribution >= 4 is 6.29 Å². The lowest BCUT2D eigenvalue weighted by atomic mass is 10.2. The monoisotopic (exact) mass is 288 g/mol. The van der Waals surface area contributed by atoms with E-state index in [1.807, 2.05) is 4.57 Å². The summed E-state index contributed by atoms with van der Waals surface area (Å²) < 4.78 is 18.3. The third kappa shape index (κ3) is 2.69. The van der Waals surface area contributed by atoms with Crippen molar-refractivity contribution in [2.45, 2.75) is 26.5 Å². The van der Waals surface area contributed by atoms with Crippen LogP contribution in [0.3, 0.4) is 0 Å². The standard InChI is InChI=1S/C15H16N2O4/c1-2-3-17-9-16-6-12(17)8-19-13-5-15-14(20-10-21-15)4-11(13)7-18/h4-7,9H,2-3,8,10H2,1H3. The molecule has 2 aromatic rings. The third-order valence-electron chi connectivity index (χ3n) is 3.27. The third-order valence-corrected chi connectivity index (χ3v) is 3.27. The number of aryl methyl sites for hydroxylation is 1. The van der Waals surface area contributed by atoms with Gasteiger partial charge in [-0.3, -0.25) is 4.79 Å². The number of fused-ring (bicyclic) bond motifs is 1. The van der Waals surface area contributed by atoms with Gasteiger partial charge in [-0.2, -0.15) is 0 Å². The molecule has 3 rings (SSSR count). The summed E-state index contributed by atoms with van der Waals surface area (Å²) in [6, 6.07) is 3.32. The second-order valence-electron chi connectivity index (χ2n) is 4.73. The fraction of sp³-hybridized carbons (Fsp3) is 0.333. The van der Waals surface area contributed by atoms with Gasteiger partial charge in [0, 0.05) is 12.6 Å². The maximum absolute atomic E-state index is 11.2. The smallest absolute Gasteiger partial charge is 0.231 e. The lowest BCUT2D eigenvalue weighted by Crippen LogP contribution is -2.05. The van der Waals surface area contributed by atoms with E-state index in [0.717, 1.165) is 24.9 Å². The molecule has 1 aliphatic rings. The van der Waals surface area contributed by atoms with Crippen molar-refractivity contribution in [1.29, 1.82) is 0 Å². The van der Waals surface area contributed by atoms with Crippen molar-refractivity contribution < 1.29 is 19.0 Å². The molecule has 0 radical (unpaired) electrons. The Labute approximate surface area is 122 Å². The molecule has 0 atom stereocenters. The topological polar surface area (TPSA) is 62.6 Å². The number of benzene rings is 1. The summed E-state index contributed by atoms with van der Waals surface area (Å²) in [5, 5.41) is 0. The van der Waals surface area contributed by atoms with Gasteiger partial charge in [0.15, 0.2) is 17.8 Å². The van der Waals surface area contributed by atoms with Crippen LogP contribution in [0, 0.1) is 0 Å². The van der Waals surface area contributed by atoms with Gasteiger partial charge in [0.25, 0.3) is 0 Å². The van der Waals surface area contributed by atoms with Crippen LogP contribution in [0.25, 0.3) is 0 Å². The number of rotatable bonds is 6. The minimum absolute atomic E-state index is 0.167. The number of nitrogens with zero attached hydrogens (tertiary/aromatic N) is 2. The molecule has 0 bridgehead atoms. The van der Waals surface area contributed by atoms with Crippen LogP contribution >= 0.6 is 0 Å². The zero-order chi connectivity index (χ0) is 14.7. The summed E-state index contributed by atoms with van der Waals surface area (Å²) in [5.74, 6) is 1.65. The van der Waals surface area contributed by atoms with Crippen LogP contribution < -0.4 is 14.2 Å². The highest BCUT2D eigenvalue weighted by molar-refractivity contribution is 5.81. The Bertz CT molecular complexity index is 651. The molecule has 6 heteroatoms. The Morgan fingerprint density at radius 2 is 2.19 bits per heavy atom. The molecule has 0 amide bonds. The molecule has 6 nitrogen and oxygen atoms in total. The van der Waals surface area contributed by atoms with E-state index in [-0.39, 0.29) is 6.79 Å². The van der Waals surface area contributed by atoms with Crippen LogP contribution in [0.4, 0.5) is 0 Å². The highest BCUT2D eigenvalue weighted by Crippen LogP contribution is 2.37. The van der Waals surface area contributed by atoms with Crippen molar-refractivity contribution in [2.75, 3.05) is 6.79 Å². The fourth-order valence-corrected chi connectivity index (χ4v) is 2.22. The van der Waals surface area contributed by atoms with Gasteiger partial charge in [-0.1, -0.05) is 6.92 Å². The minimum atomic E-state index is 0.167. The van der Waals surface area contributed by atoms with Crippen molar-refractivity contribution in [3.05, 3.63) is 35.9 Å². The van der Waals surface area contributed by atoms with Gasteiger partial charge < -0.3 is 18.8 Å². The Kier molecular flexibility index (Phi) is 3.77. The van der Waals surface area contributed by atoms with E-state index in [1.165, 1.54) is 0 Å². The van der Waals surface area contributed by atoms with Crippen molar-refractivity contribution in [3.63, 3.8) is 0 Å². The average Bonchev–Trinajstić information content (AvgIpc) is 3.12. The quantitative estimate of drug-likeness (QED) is 0.764. The molecule has 0 spiro atoms. The first kappa shape index (κ1) is 13.5. The molecule has 0 saturated carbocycles. The zero-order valence-corrected chi connectivity index (χ0v) is 11.7. The highest BCUT2D eigenvalue weighted by Gasteiger charge is 2.18. The van der Waals surface area contributed by atoms with E-state index in [4.69, 9.17) is 14.2 Å². The van der Waals surface area contributed by atoms with Gasteiger partial charge in [0.05, 0.1) is 23.8 Å². The summed E-state index contributed by atoms with van der Waals surface area (Å²) in [4.78, 5) is 15.3. The summed E-state index contributed by atoms with van der Waals surface area (Å²) in [7, 11) is 0. The fourth-order valence-electron chi connectivity index (χ4n) is 2.22. The van der Waals surface area contributed by atoms with Gasteiger partial charge in [0.1, 0.15) is 12.4 Å². The number of carbonyl (C=O) groups excluding carboxylic acids is 1. The number of hydrogen-bond acceptors (Lipinski definition) is 5. The molecule has 1 aromatic heterocycles. The number of carbonyl (C=O) groups is 1. The van der Waals surface area contributed by atoms with Crippen LogP contribution in [0.2, 0.25) is 0 Å². The summed E-state index contributed by atoms with van der Waals surface area (Å²) in [5.41, 5.74) is 1.41. The van der Waals surface area contributed by atoms with E-state index < -0.39 is 0 Å². The normalized spacial score (nSPS) is 12.4. The van der Waals surface area contributed by atoms with Gasteiger partial charge in [-0.05, 0) is 12.5 Å². The molecule has 0 unspecified atom stereocenters. The Morgan fingerprint density at radius 3 is 2.95 bits per heavy atom. The Morgan fingerprint density at radius 1 is 1.38 bits per heavy atom. The van der Waals surface area contributed by atoms with E-state index in [0.29, 0.717) is 29.4 Å². The summed E-state index contributed by atoms with van der Waals surface area (Å²) in [6.07, 6.45) is 5.32. The van der Waals surface area contributed by atoms with Crippen molar-refractivity contribution in [1.82, 2.24) is 9.55 Å². The van der Waals surface area contributed by atoms with Crippen LogP contribution in [-0.2, 0) is 13.2 Å². The molecule has 0 fully saturated rings. The van der Waals surface area contributed by atoms with Gasteiger partial charge in [-0.15, -0.1) is 0 Å². The van der Waals surface area contributed by atoms with E-state index >= 15 is 0 Å². The molecular weight excluding hydrogens is 272 g/mol. The number of aromatic nitrogens is 2. The molecule has 110 valence electrons. The first-order valence-electron chi connectivity index (χ1n) is 6.82. The summed E-state index contributed by atoms with van der Waals surface area (Å²) in [6.45, 7) is 3.51. The second kappa shape index (κ2) is 5.87. The molecule has 21 heavy (non-hydrogen) atoms. The number of imidazole rings is 1. The van der Waals surface area contributed by atoms with Crippen LogP contribution in [0.1, 0.15) is 29.4 Å². The molecule has 1 aliphatic heterocycles. The van der Waals surface area contributed by atoms with Crippen molar-refractivity contribution in [2.24, 2.45) is 0 Å². The molecule has 0 saturated heterocycles.